The molecule has 0 bridgehead atoms. The van der Waals surface area contributed by atoms with Crippen molar-refractivity contribution in [3.8, 4) is 0 Å². The van der Waals surface area contributed by atoms with Crippen molar-refractivity contribution in [1.82, 2.24) is 14.7 Å². The second-order valence-corrected chi connectivity index (χ2v) is 11.6. The van der Waals surface area contributed by atoms with Gasteiger partial charge in [-0.25, -0.2) is 9.97 Å². The number of aromatic nitrogens is 2. The summed E-state index contributed by atoms with van der Waals surface area (Å²) in [5, 5.41) is 26.0. The van der Waals surface area contributed by atoms with E-state index in [1.54, 1.807) is 29.6 Å². The van der Waals surface area contributed by atoms with Crippen LogP contribution >= 0.6 is 22.9 Å². The van der Waals surface area contributed by atoms with Crippen molar-refractivity contribution in [3.63, 3.8) is 0 Å². The van der Waals surface area contributed by atoms with Crippen LogP contribution in [0.15, 0.2) is 48.2 Å². The van der Waals surface area contributed by atoms with Crippen LogP contribution < -0.4 is 15.8 Å². The van der Waals surface area contributed by atoms with E-state index >= 15 is 0 Å². The predicted molar refractivity (Wildman–Crippen MR) is 139 cm³/mol. The van der Waals surface area contributed by atoms with Crippen LogP contribution in [-0.4, -0.2) is 65.8 Å². The van der Waals surface area contributed by atoms with E-state index in [-0.39, 0.29) is 23.6 Å². The number of aliphatic hydroxyl groups is 2. The van der Waals surface area contributed by atoms with Crippen LogP contribution in [0.2, 0.25) is 5.02 Å². The largest absolute Gasteiger partial charge is 0.388 e. The van der Waals surface area contributed by atoms with Crippen LogP contribution in [-0.2, 0) is 20.0 Å². The monoisotopic (exact) mass is 567 g/mol. The molecule has 1 aromatic carbocycles. The quantitative estimate of drug-likeness (QED) is 0.237. The lowest BCUT2D eigenvalue weighted by atomic mass is 9.87. The Bertz CT molecular complexity index is 1400. The standard InChI is InChI=1S/C23H26ClN5O6S2/c1-23(25,12-4-3-5-14(24)6-12)13-7-18(36-10-13)19(30)15-9-27-11-28-22(15)29-16-8-17(21(32)20(16)31)35-37(33,34)26-2/h3-7,9-11,16-17,20-21,26,31-32H,8,25H2,1-2H3,(H,27,28,29)/t16-,17-,20+,21+,23+/m1/s1. The highest BCUT2D eigenvalue weighted by atomic mass is 35.5. The summed E-state index contributed by atoms with van der Waals surface area (Å²) in [5.41, 5.74) is 7.33. The molecule has 0 saturated heterocycles. The summed E-state index contributed by atoms with van der Waals surface area (Å²) in [7, 11) is -2.92. The van der Waals surface area contributed by atoms with Crippen LogP contribution in [0.4, 0.5) is 5.82 Å². The molecule has 5 atom stereocenters. The third-order valence-electron chi connectivity index (χ3n) is 6.26. The van der Waals surface area contributed by atoms with Crippen molar-refractivity contribution < 1.29 is 27.6 Å². The molecular formula is C23H26ClN5O6S2. The molecule has 3 aromatic rings. The van der Waals surface area contributed by atoms with Gasteiger partial charge in [0, 0.05) is 24.7 Å². The van der Waals surface area contributed by atoms with Crippen molar-refractivity contribution in [2.24, 2.45) is 5.73 Å². The van der Waals surface area contributed by atoms with Crippen molar-refractivity contribution in [2.75, 3.05) is 12.4 Å². The van der Waals surface area contributed by atoms with Gasteiger partial charge in [0.25, 0.3) is 0 Å². The lowest BCUT2D eigenvalue weighted by molar-refractivity contribution is -0.00882. The zero-order valence-electron chi connectivity index (χ0n) is 19.8. The summed E-state index contributed by atoms with van der Waals surface area (Å²) < 4.78 is 30.4. The molecule has 4 rings (SSSR count). The van der Waals surface area contributed by atoms with Gasteiger partial charge in [0.05, 0.1) is 22.0 Å². The maximum absolute atomic E-state index is 13.4. The number of hydrogen-bond acceptors (Lipinski definition) is 11. The molecule has 1 aliphatic carbocycles. The van der Waals surface area contributed by atoms with Gasteiger partial charge in [-0.3, -0.25) is 8.98 Å². The Kier molecular flexibility index (Phi) is 7.97. The Labute approximate surface area is 222 Å². The first-order valence-electron chi connectivity index (χ1n) is 11.2. The summed E-state index contributed by atoms with van der Waals surface area (Å²) in [6.07, 6.45) is -1.54. The van der Waals surface area contributed by atoms with Crippen molar-refractivity contribution in [1.29, 1.82) is 0 Å². The van der Waals surface area contributed by atoms with E-state index in [1.165, 1.54) is 30.9 Å². The van der Waals surface area contributed by atoms with Crippen LogP contribution in [0, 0.1) is 0 Å². The van der Waals surface area contributed by atoms with E-state index in [4.69, 9.17) is 21.5 Å². The number of carbonyl (C=O) groups is 1. The lowest BCUT2D eigenvalue weighted by Crippen LogP contribution is -2.38. The van der Waals surface area contributed by atoms with Gasteiger partial charge < -0.3 is 21.3 Å². The molecule has 0 radical (unpaired) electrons. The molecule has 0 unspecified atom stereocenters. The Morgan fingerprint density at radius 1 is 1.27 bits per heavy atom. The van der Waals surface area contributed by atoms with Crippen molar-refractivity contribution in [3.05, 3.63) is 74.8 Å². The fourth-order valence-corrected chi connectivity index (χ4v) is 5.85. The number of anilines is 1. The summed E-state index contributed by atoms with van der Waals surface area (Å²) >= 11 is 7.34. The smallest absolute Gasteiger partial charge is 0.335 e. The molecule has 1 saturated carbocycles. The molecule has 11 nitrogen and oxygen atoms in total. The van der Waals surface area contributed by atoms with Crippen LogP contribution in [0.1, 0.15) is 39.7 Å². The molecule has 1 aliphatic rings. The summed E-state index contributed by atoms with van der Waals surface area (Å²) in [4.78, 5) is 21.9. The predicted octanol–water partition coefficient (Wildman–Crippen LogP) is 1.40. The Morgan fingerprint density at radius 2 is 2.03 bits per heavy atom. The topological polar surface area (TPSA) is 177 Å². The summed E-state index contributed by atoms with van der Waals surface area (Å²) in [5.74, 6) is -0.256. The molecule has 6 N–H and O–H groups in total. The van der Waals surface area contributed by atoms with E-state index < -0.39 is 40.2 Å². The van der Waals surface area contributed by atoms with Gasteiger partial charge in [-0.15, -0.1) is 11.3 Å². The van der Waals surface area contributed by atoms with Crippen molar-refractivity contribution in [2.45, 2.75) is 43.2 Å². The molecule has 0 amide bonds. The Morgan fingerprint density at radius 3 is 2.73 bits per heavy atom. The normalized spacial score (nSPS) is 23.5. The Balaban J connectivity index is 1.55. The molecule has 2 heterocycles. The average Bonchev–Trinajstić information content (AvgIpc) is 3.46. The zero-order chi connectivity index (χ0) is 27.0. The van der Waals surface area contributed by atoms with E-state index in [2.05, 4.69) is 15.3 Å². The first-order chi connectivity index (χ1) is 17.4. The van der Waals surface area contributed by atoms with Crippen LogP contribution in [0.5, 0.6) is 0 Å². The number of ketones is 1. The van der Waals surface area contributed by atoms with Gasteiger partial charge in [-0.1, -0.05) is 23.7 Å². The van der Waals surface area contributed by atoms with Crippen LogP contribution in [0.3, 0.4) is 0 Å². The number of benzene rings is 1. The molecule has 37 heavy (non-hydrogen) atoms. The van der Waals surface area contributed by atoms with E-state index in [0.717, 1.165) is 11.1 Å². The van der Waals surface area contributed by atoms with E-state index in [0.29, 0.717) is 9.90 Å². The molecule has 1 fully saturated rings. The minimum Gasteiger partial charge on any atom is -0.388 e. The second-order valence-electron chi connectivity index (χ2n) is 8.79. The molecule has 2 aromatic heterocycles. The zero-order valence-corrected chi connectivity index (χ0v) is 22.2. The third-order valence-corrected chi connectivity index (χ3v) is 8.42. The third kappa shape index (κ3) is 5.84. The number of nitrogens with two attached hydrogens (primary N) is 1. The summed E-state index contributed by atoms with van der Waals surface area (Å²) in [6, 6.07) is 8.04. The number of rotatable bonds is 9. The van der Waals surface area contributed by atoms with Gasteiger partial charge in [-0.05, 0) is 41.6 Å². The lowest BCUT2D eigenvalue weighted by Gasteiger charge is -2.24. The number of carbonyl (C=O) groups excluding carboxylic acids is 1. The number of aliphatic hydroxyl groups excluding tert-OH is 2. The Hall–Kier alpha value is -2.49. The second kappa shape index (κ2) is 10.7. The van der Waals surface area contributed by atoms with Gasteiger partial charge >= 0.3 is 10.3 Å². The minimum atomic E-state index is -4.09. The first-order valence-corrected chi connectivity index (χ1v) is 13.8. The molecule has 0 spiro atoms. The van der Waals surface area contributed by atoms with Gasteiger partial charge in [0.2, 0.25) is 5.78 Å². The highest BCUT2D eigenvalue weighted by Gasteiger charge is 2.44. The average molecular weight is 568 g/mol. The van der Waals surface area contributed by atoms with Crippen LogP contribution in [0.25, 0.3) is 0 Å². The highest BCUT2D eigenvalue weighted by molar-refractivity contribution is 7.84. The van der Waals surface area contributed by atoms with Gasteiger partial charge in [0.15, 0.2) is 0 Å². The summed E-state index contributed by atoms with van der Waals surface area (Å²) in [6.45, 7) is 1.83. The maximum atomic E-state index is 13.4. The van der Waals surface area contributed by atoms with E-state index in [9.17, 15) is 23.4 Å². The SMILES string of the molecule is CNS(=O)(=O)O[C@@H]1C[C@@H](Nc2ncncc2C(=O)c2cc([C@@](C)(N)c3cccc(Cl)c3)cs2)[C@H](O)[C@H]1O. The van der Waals surface area contributed by atoms with Gasteiger partial charge in [-0.2, -0.15) is 13.1 Å². The minimum absolute atomic E-state index is 0.0603. The molecular weight excluding hydrogens is 542 g/mol. The maximum Gasteiger partial charge on any atom is 0.335 e. The number of thiophene rings is 1. The molecule has 14 heteroatoms. The first kappa shape index (κ1) is 27.5. The number of halogens is 1. The number of hydrogen-bond donors (Lipinski definition) is 5. The molecule has 0 aliphatic heterocycles. The molecule has 198 valence electrons. The fourth-order valence-electron chi connectivity index (χ4n) is 4.06. The fraction of sp³-hybridized carbons (Fsp3) is 0.348. The van der Waals surface area contributed by atoms with E-state index in [1.807, 2.05) is 17.7 Å². The van der Waals surface area contributed by atoms with Crippen molar-refractivity contribution >= 4 is 44.8 Å². The van der Waals surface area contributed by atoms with Gasteiger partial charge in [0.1, 0.15) is 30.5 Å². The highest BCUT2D eigenvalue weighted by Crippen LogP contribution is 2.33. The number of nitrogens with zero attached hydrogens (tertiary/aromatic N) is 2. The number of nitrogens with one attached hydrogen (secondary N) is 2.